The molecular weight excluding hydrogens is 178 g/mol. The Morgan fingerprint density at radius 3 is 3.00 bits per heavy atom. The van der Waals surface area contributed by atoms with E-state index in [1.165, 1.54) is 6.20 Å². The summed E-state index contributed by atoms with van der Waals surface area (Å²) >= 11 is 0. The predicted molar refractivity (Wildman–Crippen MR) is 51.8 cm³/mol. The summed E-state index contributed by atoms with van der Waals surface area (Å²) in [4.78, 5) is 17.6. The molecule has 1 N–H and O–H groups in total. The Morgan fingerprint density at radius 1 is 1.50 bits per heavy atom. The molecule has 0 atom stereocenters. The molecule has 0 saturated heterocycles. The van der Waals surface area contributed by atoms with Gasteiger partial charge in [-0.25, -0.2) is 4.98 Å². The number of aromatic nitrogens is 2. The van der Waals surface area contributed by atoms with Crippen molar-refractivity contribution >= 4 is 11.0 Å². The minimum Gasteiger partial charge on any atom is -0.319 e. The zero-order valence-corrected chi connectivity index (χ0v) is 7.53. The average molecular weight is 185 g/mol. The Morgan fingerprint density at radius 2 is 2.29 bits per heavy atom. The maximum atomic E-state index is 11.0. The van der Waals surface area contributed by atoms with Crippen molar-refractivity contribution in [3.8, 4) is 6.07 Å². The molecule has 4 heteroatoms. The van der Waals surface area contributed by atoms with Gasteiger partial charge >= 0.3 is 0 Å². The molecule has 0 fully saturated rings. The quantitative estimate of drug-likeness (QED) is 0.668. The highest BCUT2D eigenvalue weighted by Gasteiger charge is 2.01. The molecule has 0 radical (unpaired) electrons. The molecule has 0 aliphatic heterocycles. The van der Waals surface area contributed by atoms with E-state index in [9.17, 15) is 4.79 Å². The minimum absolute atomic E-state index is 0.257. The number of nitrogens with zero attached hydrogens (tertiary/aromatic N) is 2. The molecule has 14 heavy (non-hydrogen) atoms. The van der Waals surface area contributed by atoms with Gasteiger partial charge < -0.3 is 4.98 Å². The Kier molecular flexibility index (Phi) is 1.79. The zero-order chi connectivity index (χ0) is 10.1. The third-order valence-electron chi connectivity index (χ3n) is 2.00. The van der Waals surface area contributed by atoms with E-state index in [4.69, 9.17) is 5.26 Å². The van der Waals surface area contributed by atoms with Crippen LogP contribution >= 0.6 is 0 Å². The predicted octanol–water partition coefficient (Wildman–Crippen LogP) is 1.10. The fourth-order valence-electron chi connectivity index (χ4n) is 1.40. The van der Waals surface area contributed by atoms with Crippen LogP contribution in [0.25, 0.3) is 11.0 Å². The van der Waals surface area contributed by atoms with Crippen LogP contribution in [0.3, 0.4) is 0 Å². The molecule has 0 unspecified atom stereocenters. The summed E-state index contributed by atoms with van der Waals surface area (Å²) in [6, 6.07) is 5.40. The lowest BCUT2D eigenvalue weighted by Crippen LogP contribution is -2.05. The van der Waals surface area contributed by atoms with E-state index in [2.05, 4.69) is 9.97 Å². The highest BCUT2D eigenvalue weighted by Crippen LogP contribution is 2.14. The molecular formula is C10H7N3O. The number of nitriles is 1. The van der Waals surface area contributed by atoms with Crippen LogP contribution in [0.4, 0.5) is 0 Å². The van der Waals surface area contributed by atoms with Gasteiger partial charge in [-0.2, -0.15) is 5.26 Å². The van der Waals surface area contributed by atoms with Crippen molar-refractivity contribution in [2.24, 2.45) is 0 Å². The van der Waals surface area contributed by atoms with Crippen LogP contribution in [-0.4, -0.2) is 9.97 Å². The van der Waals surface area contributed by atoms with Crippen molar-refractivity contribution in [3.05, 3.63) is 39.8 Å². The molecule has 0 aliphatic rings. The summed E-state index contributed by atoms with van der Waals surface area (Å²) < 4.78 is 0. The molecule has 2 rings (SSSR count). The number of rotatable bonds is 0. The maximum absolute atomic E-state index is 11.0. The molecule has 0 aliphatic carbocycles. The van der Waals surface area contributed by atoms with Gasteiger partial charge in [-0.3, -0.25) is 4.79 Å². The number of hydrogen-bond donors (Lipinski definition) is 1. The lowest BCUT2D eigenvalue weighted by molar-refractivity contribution is 1.20. The Bertz CT molecular complexity index is 592. The van der Waals surface area contributed by atoms with E-state index in [0.29, 0.717) is 11.1 Å². The number of benzene rings is 1. The molecule has 0 saturated carbocycles. The van der Waals surface area contributed by atoms with Gasteiger partial charge in [0.15, 0.2) is 0 Å². The highest BCUT2D eigenvalue weighted by molar-refractivity contribution is 5.79. The molecule has 0 spiro atoms. The molecule has 0 amide bonds. The smallest absolute Gasteiger partial charge is 0.266 e. The zero-order valence-electron chi connectivity index (χ0n) is 7.53. The fraction of sp³-hybridized carbons (Fsp3) is 0.100. The highest BCUT2D eigenvalue weighted by atomic mass is 16.1. The third-order valence-corrected chi connectivity index (χ3v) is 2.00. The summed E-state index contributed by atoms with van der Waals surface area (Å²) in [5, 5.41) is 8.73. The topological polar surface area (TPSA) is 69.5 Å². The standard InChI is InChI=1S/C10H7N3O/c1-6-2-7(4-11)3-8-10(6)12-5-9(14)13-8/h2-3,5H,1H3,(H,13,14). The van der Waals surface area contributed by atoms with Crippen LogP contribution in [0.1, 0.15) is 11.1 Å². The minimum atomic E-state index is -0.257. The average Bonchev–Trinajstić information content (AvgIpc) is 2.16. The van der Waals surface area contributed by atoms with Crippen molar-refractivity contribution in [3.63, 3.8) is 0 Å². The third kappa shape index (κ3) is 1.25. The lowest BCUT2D eigenvalue weighted by Gasteiger charge is -2.00. The van der Waals surface area contributed by atoms with Gasteiger partial charge in [0.05, 0.1) is 28.9 Å². The van der Waals surface area contributed by atoms with Gasteiger partial charge in [-0.1, -0.05) is 0 Å². The molecule has 2 aromatic rings. The van der Waals surface area contributed by atoms with Crippen LogP contribution in [-0.2, 0) is 0 Å². The van der Waals surface area contributed by atoms with Crippen LogP contribution in [0, 0.1) is 18.3 Å². The molecule has 4 nitrogen and oxygen atoms in total. The van der Waals surface area contributed by atoms with Crippen LogP contribution < -0.4 is 5.56 Å². The summed E-state index contributed by atoms with van der Waals surface area (Å²) in [6.07, 6.45) is 1.24. The van der Waals surface area contributed by atoms with E-state index in [1.54, 1.807) is 12.1 Å². The Balaban J connectivity index is 2.92. The molecule has 1 aromatic heterocycles. The summed E-state index contributed by atoms with van der Waals surface area (Å²) in [5.41, 5.74) is 2.48. The van der Waals surface area contributed by atoms with Crippen LogP contribution in [0.15, 0.2) is 23.1 Å². The van der Waals surface area contributed by atoms with E-state index >= 15 is 0 Å². The van der Waals surface area contributed by atoms with Crippen molar-refractivity contribution in [1.82, 2.24) is 9.97 Å². The lowest BCUT2D eigenvalue weighted by atomic mass is 10.1. The number of H-pyrrole nitrogens is 1. The molecule has 0 bridgehead atoms. The second kappa shape index (κ2) is 2.96. The van der Waals surface area contributed by atoms with Gasteiger partial charge in [0, 0.05) is 0 Å². The summed E-state index contributed by atoms with van der Waals surface area (Å²) in [5.74, 6) is 0. The van der Waals surface area contributed by atoms with Crippen LogP contribution in [0.2, 0.25) is 0 Å². The Labute approximate surface area is 79.8 Å². The summed E-state index contributed by atoms with van der Waals surface area (Å²) in [6.45, 7) is 1.86. The number of nitrogens with one attached hydrogen (secondary N) is 1. The Hall–Kier alpha value is -2.15. The van der Waals surface area contributed by atoms with Crippen molar-refractivity contribution < 1.29 is 0 Å². The van der Waals surface area contributed by atoms with Crippen molar-refractivity contribution in [2.75, 3.05) is 0 Å². The van der Waals surface area contributed by atoms with Gasteiger partial charge in [0.1, 0.15) is 0 Å². The first-order valence-corrected chi connectivity index (χ1v) is 4.10. The SMILES string of the molecule is Cc1cc(C#N)cc2[nH]c(=O)cnc12. The van der Waals surface area contributed by atoms with Gasteiger partial charge in [0.2, 0.25) is 0 Å². The number of aromatic amines is 1. The largest absolute Gasteiger partial charge is 0.319 e. The van der Waals surface area contributed by atoms with Gasteiger partial charge in [0.25, 0.3) is 5.56 Å². The van der Waals surface area contributed by atoms with E-state index < -0.39 is 0 Å². The summed E-state index contributed by atoms with van der Waals surface area (Å²) in [7, 11) is 0. The molecule has 68 valence electrons. The van der Waals surface area contributed by atoms with Crippen LogP contribution in [0.5, 0.6) is 0 Å². The van der Waals surface area contributed by atoms with E-state index in [0.717, 1.165) is 11.1 Å². The number of fused-ring (bicyclic) bond motifs is 1. The monoisotopic (exact) mass is 185 g/mol. The maximum Gasteiger partial charge on any atom is 0.266 e. The molecule has 1 aromatic carbocycles. The fourth-order valence-corrected chi connectivity index (χ4v) is 1.40. The van der Waals surface area contributed by atoms with Crippen molar-refractivity contribution in [2.45, 2.75) is 6.92 Å². The van der Waals surface area contributed by atoms with E-state index in [-0.39, 0.29) is 5.56 Å². The first-order valence-electron chi connectivity index (χ1n) is 4.10. The second-order valence-corrected chi connectivity index (χ2v) is 3.05. The normalized spacial score (nSPS) is 10.0. The molecule has 1 heterocycles. The van der Waals surface area contributed by atoms with E-state index in [1.807, 2.05) is 13.0 Å². The number of hydrogen-bond acceptors (Lipinski definition) is 3. The second-order valence-electron chi connectivity index (χ2n) is 3.05. The van der Waals surface area contributed by atoms with Gasteiger partial charge in [-0.15, -0.1) is 0 Å². The van der Waals surface area contributed by atoms with Gasteiger partial charge in [-0.05, 0) is 24.6 Å². The first-order chi connectivity index (χ1) is 6.70. The first kappa shape index (κ1) is 8.45. The number of aryl methyl sites for hydroxylation is 1. The van der Waals surface area contributed by atoms with Crippen molar-refractivity contribution in [1.29, 1.82) is 5.26 Å².